The van der Waals surface area contributed by atoms with Gasteiger partial charge in [-0.3, -0.25) is 19.7 Å². The number of hydrogen-bond acceptors (Lipinski definition) is 5. The number of aromatic amines is 1. The van der Waals surface area contributed by atoms with E-state index in [1.54, 1.807) is 0 Å². The monoisotopic (exact) mass is 555 g/mol. The number of hydrogen-bond donors (Lipinski definition) is 1. The molecule has 0 unspecified atom stereocenters. The van der Waals surface area contributed by atoms with Gasteiger partial charge in [0, 0.05) is 53.3 Å². The summed E-state index contributed by atoms with van der Waals surface area (Å²) >= 11 is 7.06. The zero-order chi connectivity index (χ0) is 22.1. The summed E-state index contributed by atoms with van der Waals surface area (Å²) in [4.78, 5) is 32.0. The van der Waals surface area contributed by atoms with Crippen molar-refractivity contribution in [2.24, 2.45) is 4.99 Å². The van der Waals surface area contributed by atoms with Gasteiger partial charge in [-0.1, -0.05) is 37.9 Å². The number of pyridine rings is 1. The van der Waals surface area contributed by atoms with Crippen molar-refractivity contribution in [1.82, 2.24) is 19.9 Å². The van der Waals surface area contributed by atoms with Crippen molar-refractivity contribution < 1.29 is 0 Å². The van der Waals surface area contributed by atoms with Crippen molar-refractivity contribution in [3.63, 3.8) is 0 Å². The van der Waals surface area contributed by atoms with Gasteiger partial charge in [-0.25, -0.2) is 4.98 Å². The van der Waals surface area contributed by atoms with Crippen LogP contribution in [-0.4, -0.2) is 38.7 Å². The fraction of sp³-hybridized carbons (Fsp3) is 0.333. The van der Waals surface area contributed by atoms with Crippen LogP contribution in [0.3, 0.4) is 0 Å². The van der Waals surface area contributed by atoms with Crippen LogP contribution in [-0.2, 0) is 19.5 Å². The quantitative estimate of drug-likeness (QED) is 0.496. The first kappa shape index (κ1) is 21.7. The minimum absolute atomic E-state index is 0.0309. The van der Waals surface area contributed by atoms with E-state index in [1.165, 1.54) is 0 Å². The molecule has 2 aliphatic rings. The van der Waals surface area contributed by atoms with Crippen LogP contribution in [0.1, 0.15) is 41.9 Å². The number of aliphatic imine (C=N–C) groups is 1. The summed E-state index contributed by atoms with van der Waals surface area (Å²) in [5, 5.41) is 0. The Kier molecular flexibility index (Phi) is 6.35. The molecule has 2 aromatic heterocycles. The maximum absolute atomic E-state index is 12.8. The van der Waals surface area contributed by atoms with Gasteiger partial charge in [-0.05, 0) is 49.1 Å². The van der Waals surface area contributed by atoms with Gasteiger partial charge in [0.25, 0.3) is 5.56 Å². The van der Waals surface area contributed by atoms with Gasteiger partial charge in [0.05, 0.1) is 22.7 Å². The minimum Gasteiger partial charge on any atom is -0.305 e. The van der Waals surface area contributed by atoms with E-state index in [9.17, 15) is 4.79 Å². The van der Waals surface area contributed by atoms with Crippen LogP contribution in [0.4, 0.5) is 0 Å². The Morgan fingerprint density at radius 1 is 1.06 bits per heavy atom. The maximum Gasteiger partial charge on any atom is 0.255 e. The van der Waals surface area contributed by atoms with Gasteiger partial charge in [0.2, 0.25) is 0 Å². The molecular weight excluding hydrogens is 534 g/mol. The molecule has 1 N–H and O–H groups in total. The van der Waals surface area contributed by atoms with Crippen LogP contribution < -0.4 is 5.56 Å². The van der Waals surface area contributed by atoms with Gasteiger partial charge in [-0.2, -0.15) is 0 Å². The summed E-state index contributed by atoms with van der Waals surface area (Å²) in [6.45, 7) is 3.05. The van der Waals surface area contributed by atoms with Gasteiger partial charge >= 0.3 is 0 Å². The van der Waals surface area contributed by atoms with E-state index >= 15 is 0 Å². The fourth-order valence-corrected chi connectivity index (χ4v) is 5.59. The molecule has 0 saturated carbocycles. The standard InChI is InChI=1S/C24H23Br2N5O/c25-17-9-16(10-18(26)11-17)20-5-4-15(12-28-20)13-31-8-6-21-19(14-31)24(32)30-23(29-21)22-3-1-2-7-27-22/h4-5,9-12H,1-3,6-8,13-14H2,(H,29,30,32). The predicted molar refractivity (Wildman–Crippen MR) is 133 cm³/mol. The van der Waals surface area contributed by atoms with Crippen LogP contribution in [0, 0.1) is 0 Å². The molecule has 32 heavy (non-hydrogen) atoms. The smallest absolute Gasteiger partial charge is 0.255 e. The van der Waals surface area contributed by atoms with E-state index in [1.807, 2.05) is 18.3 Å². The topological polar surface area (TPSA) is 74.2 Å². The van der Waals surface area contributed by atoms with E-state index in [2.05, 4.69) is 69.9 Å². The SMILES string of the molecule is O=c1[nH]c(C2=NCCCC2)nc2c1CN(Cc1ccc(-c3cc(Br)cc(Br)c3)nc1)CC2. The molecule has 5 rings (SSSR count). The number of halogens is 2. The summed E-state index contributed by atoms with van der Waals surface area (Å²) in [7, 11) is 0. The molecule has 0 saturated heterocycles. The van der Waals surface area contributed by atoms with E-state index < -0.39 is 0 Å². The van der Waals surface area contributed by atoms with Crippen LogP contribution in [0.15, 0.2) is 55.3 Å². The Hall–Kier alpha value is -2.16. The van der Waals surface area contributed by atoms with E-state index in [-0.39, 0.29) is 5.56 Å². The lowest BCUT2D eigenvalue weighted by Crippen LogP contribution is -2.36. The molecule has 6 nitrogen and oxygen atoms in total. The van der Waals surface area contributed by atoms with Crippen LogP contribution in [0.5, 0.6) is 0 Å². The Labute approximate surface area is 203 Å². The number of H-pyrrole nitrogens is 1. The molecule has 0 spiro atoms. The zero-order valence-electron chi connectivity index (χ0n) is 17.6. The van der Waals surface area contributed by atoms with Crippen molar-refractivity contribution in [2.75, 3.05) is 13.1 Å². The molecule has 0 amide bonds. The molecule has 0 fully saturated rings. The third-order valence-corrected chi connectivity index (χ3v) is 6.85. The normalized spacial score (nSPS) is 16.5. The van der Waals surface area contributed by atoms with Gasteiger partial charge in [0.15, 0.2) is 5.82 Å². The van der Waals surface area contributed by atoms with Crippen LogP contribution in [0.25, 0.3) is 11.3 Å². The highest BCUT2D eigenvalue weighted by Gasteiger charge is 2.23. The van der Waals surface area contributed by atoms with Gasteiger partial charge < -0.3 is 4.98 Å². The Morgan fingerprint density at radius 2 is 1.91 bits per heavy atom. The summed E-state index contributed by atoms with van der Waals surface area (Å²) < 4.78 is 2.02. The Bertz CT molecular complexity index is 1220. The number of fused-ring (bicyclic) bond motifs is 1. The second kappa shape index (κ2) is 9.37. The van der Waals surface area contributed by atoms with E-state index in [0.29, 0.717) is 12.4 Å². The second-order valence-corrected chi connectivity index (χ2v) is 10.1. The number of nitrogens with one attached hydrogen (secondary N) is 1. The first-order chi connectivity index (χ1) is 15.5. The maximum atomic E-state index is 12.8. The van der Waals surface area contributed by atoms with Crippen molar-refractivity contribution in [1.29, 1.82) is 0 Å². The van der Waals surface area contributed by atoms with Crippen LogP contribution in [0.2, 0.25) is 0 Å². The van der Waals surface area contributed by atoms with Crippen LogP contribution >= 0.6 is 31.9 Å². The molecule has 4 heterocycles. The third kappa shape index (κ3) is 4.77. The van der Waals surface area contributed by atoms with E-state index in [0.717, 1.165) is 88.1 Å². The first-order valence-electron chi connectivity index (χ1n) is 10.8. The largest absolute Gasteiger partial charge is 0.305 e. The highest BCUT2D eigenvalue weighted by molar-refractivity contribution is 9.11. The van der Waals surface area contributed by atoms with Gasteiger partial charge in [-0.15, -0.1) is 0 Å². The average Bonchev–Trinajstić information content (AvgIpc) is 2.80. The molecule has 8 heteroatoms. The second-order valence-electron chi connectivity index (χ2n) is 8.30. The number of nitrogens with zero attached hydrogens (tertiary/aromatic N) is 4. The molecule has 0 aliphatic carbocycles. The summed E-state index contributed by atoms with van der Waals surface area (Å²) in [5.74, 6) is 0.667. The third-order valence-electron chi connectivity index (χ3n) is 5.93. The summed E-state index contributed by atoms with van der Waals surface area (Å²) in [6.07, 6.45) is 5.82. The minimum atomic E-state index is -0.0309. The van der Waals surface area contributed by atoms with Crippen molar-refractivity contribution in [2.45, 2.75) is 38.8 Å². The Balaban J connectivity index is 1.30. The van der Waals surface area contributed by atoms with Crippen molar-refractivity contribution in [3.8, 4) is 11.3 Å². The molecule has 2 aliphatic heterocycles. The average molecular weight is 557 g/mol. The predicted octanol–water partition coefficient (Wildman–Crippen LogP) is 4.89. The number of aromatic nitrogens is 3. The Morgan fingerprint density at radius 3 is 2.62 bits per heavy atom. The lowest BCUT2D eigenvalue weighted by molar-refractivity contribution is 0.241. The first-order valence-corrected chi connectivity index (χ1v) is 12.4. The highest BCUT2D eigenvalue weighted by Crippen LogP contribution is 2.27. The molecular formula is C24H23Br2N5O. The molecule has 0 bridgehead atoms. The molecule has 3 aromatic rings. The van der Waals surface area contributed by atoms with Crippen molar-refractivity contribution >= 4 is 37.6 Å². The number of rotatable bonds is 4. The molecule has 164 valence electrons. The lowest BCUT2D eigenvalue weighted by atomic mass is 10.0. The summed E-state index contributed by atoms with van der Waals surface area (Å²) in [6, 6.07) is 10.3. The molecule has 1 aromatic carbocycles. The molecule has 0 atom stereocenters. The fourth-order valence-electron chi connectivity index (χ4n) is 4.29. The highest BCUT2D eigenvalue weighted by atomic mass is 79.9. The lowest BCUT2D eigenvalue weighted by Gasteiger charge is -2.27. The van der Waals surface area contributed by atoms with Crippen molar-refractivity contribution in [3.05, 3.63) is 78.5 Å². The zero-order valence-corrected chi connectivity index (χ0v) is 20.7. The van der Waals surface area contributed by atoms with Gasteiger partial charge in [0.1, 0.15) is 0 Å². The van der Waals surface area contributed by atoms with E-state index in [4.69, 9.17) is 4.98 Å². The number of benzene rings is 1. The summed E-state index contributed by atoms with van der Waals surface area (Å²) in [5.41, 5.74) is 5.73. The molecule has 0 radical (unpaired) electrons.